The molecule has 0 aromatic carbocycles. The summed E-state index contributed by atoms with van der Waals surface area (Å²) in [6.45, 7) is 7.24. The summed E-state index contributed by atoms with van der Waals surface area (Å²) in [4.78, 5) is 12.2. The largest absolute Gasteiger partial charge is 0.465 e. The average Bonchev–Trinajstić information content (AvgIpc) is 2.49. The number of ether oxygens (including phenoxy) is 1. The van der Waals surface area contributed by atoms with E-state index in [1.165, 1.54) is 57.8 Å². The van der Waals surface area contributed by atoms with Crippen LogP contribution in [0.4, 0.5) is 0 Å². The molecule has 0 aliphatic carbocycles. The van der Waals surface area contributed by atoms with Gasteiger partial charge in [-0.05, 0) is 19.3 Å². The van der Waals surface area contributed by atoms with Gasteiger partial charge in [-0.3, -0.25) is 4.79 Å². The second-order valence-electron chi connectivity index (χ2n) is 6.27. The van der Waals surface area contributed by atoms with Crippen molar-refractivity contribution in [1.29, 1.82) is 0 Å². The highest BCUT2D eigenvalue weighted by atomic mass is 16.5. The van der Waals surface area contributed by atoms with Gasteiger partial charge in [0.2, 0.25) is 0 Å². The number of rotatable bonds is 15. The van der Waals surface area contributed by atoms with Crippen molar-refractivity contribution in [3.63, 3.8) is 0 Å². The molecule has 0 bridgehead atoms. The van der Waals surface area contributed by atoms with E-state index in [1.807, 2.05) is 0 Å². The Balaban J connectivity index is 3.98. The maximum atomic E-state index is 12.2. The van der Waals surface area contributed by atoms with Crippen molar-refractivity contribution in [1.82, 2.24) is 0 Å². The number of carbonyl (C=O) groups excluding carboxylic acids is 1. The molecule has 0 saturated carbocycles. The molecule has 0 heterocycles. The molecule has 0 radical (unpaired) electrons. The Hall–Kier alpha value is -0.530. The van der Waals surface area contributed by atoms with Crippen molar-refractivity contribution in [3.05, 3.63) is 0 Å². The topological polar surface area (TPSA) is 26.3 Å². The lowest BCUT2D eigenvalue weighted by molar-refractivity contribution is -0.149. The lowest BCUT2D eigenvalue weighted by atomic mass is 9.94. The Labute approximate surface area is 133 Å². The zero-order chi connectivity index (χ0) is 15.8. The molecule has 0 saturated heterocycles. The summed E-state index contributed by atoms with van der Waals surface area (Å²) in [5.41, 5.74) is 0. The van der Waals surface area contributed by atoms with Crippen LogP contribution in [0.5, 0.6) is 0 Å². The van der Waals surface area contributed by atoms with Crippen LogP contribution in [0.25, 0.3) is 0 Å². The highest BCUT2D eigenvalue weighted by molar-refractivity contribution is 5.72. The zero-order valence-electron chi connectivity index (χ0n) is 14.8. The van der Waals surface area contributed by atoms with Crippen LogP contribution in [0.3, 0.4) is 0 Å². The fourth-order valence-electron chi connectivity index (χ4n) is 2.66. The first-order valence-corrected chi connectivity index (χ1v) is 9.42. The summed E-state index contributed by atoms with van der Waals surface area (Å²) < 4.78 is 5.48. The normalized spacial score (nSPS) is 11.0. The van der Waals surface area contributed by atoms with Crippen molar-refractivity contribution in [2.45, 2.75) is 104 Å². The van der Waals surface area contributed by atoms with Crippen LogP contribution >= 0.6 is 0 Å². The Morgan fingerprint density at radius 2 is 1.19 bits per heavy atom. The molecule has 0 spiro atoms. The third-order valence-electron chi connectivity index (χ3n) is 4.14. The Bertz CT molecular complexity index is 214. The molecule has 0 atom stereocenters. The standard InChI is InChI=1S/C19H38O2/c1-4-7-10-12-15-18(16-13-11-8-5-2)19(20)21-17-14-9-6-3/h18H,4-17H2,1-3H3. The predicted molar refractivity (Wildman–Crippen MR) is 91.5 cm³/mol. The minimum Gasteiger partial charge on any atom is -0.465 e. The van der Waals surface area contributed by atoms with E-state index in [0.29, 0.717) is 6.61 Å². The quantitative estimate of drug-likeness (QED) is 0.263. The van der Waals surface area contributed by atoms with Crippen LogP contribution in [-0.2, 0) is 9.53 Å². The number of carbonyl (C=O) groups is 1. The third kappa shape index (κ3) is 12.9. The molecule has 0 aliphatic rings. The maximum Gasteiger partial charge on any atom is 0.308 e. The predicted octanol–water partition coefficient (Wildman–Crippen LogP) is 6.28. The molecule has 21 heavy (non-hydrogen) atoms. The summed E-state index contributed by atoms with van der Waals surface area (Å²) in [6, 6.07) is 0. The summed E-state index contributed by atoms with van der Waals surface area (Å²) in [5, 5.41) is 0. The van der Waals surface area contributed by atoms with E-state index in [0.717, 1.165) is 25.7 Å². The lowest BCUT2D eigenvalue weighted by Gasteiger charge is -2.16. The van der Waals surface area contributed by atoms with Gasteiger partial charge in [0.25, 0.3) is 0 Å². The molecule has 0 N–H and O–H groups in total. The van der Waals surface area contributed by atoms with Crippen molar-refractivity contribution in [2.24, 2.45) is 5.92 Å². The highest BCUT2D eigenvalue weighted by Crippen LogP contribution is 2.20. The van der Waals surface area contributed by atoms with Crippen molar-refractivity contribution in [3.8, 4) is 0 Å². The molecule has 2 heteroatoms. The van der Waals surface area contributed by atoms with Gasteiger partial charge in [-0.25, -0.2) is 0 Å². The van der Waals surface area contributed by atoms with E-state index in [-0.39, 0.29) is 11.9 Å². The molecule has 0 aromatic rings. The highest BCUT2D eigenvalue weighted by Gasteiger charge is 2.19. The first kappa shape index (κ1) is 20.5. The molecule has 0 aromatic heterocycles. The Morgan fingerprint density at radius 1 is 0.714 bits per heavy atom. The van der Waals surface area contributed by atoms with Gasteiger partial charge in [0.15, 0.2) is 0 Å². The number of esters is 1. The molecular formula is C19H38O2. The Morgan fingerprint density at radius 3 is 1.67 bits per heavy atom. The van der Waals surface area contributed by atoms with E-state index in [1.54, 1.807) is 0 Å². The van der Waals surface area contributed by atoms with E-state index in [4.69, 9.17) is 4.74 Å². The second kappa shape index (κ2) is 15.9. The first-order valence-electron chi connectivity index (χ1n) is 9.42. The summed E-state index contributed by atoms with van der Waals surface area (Å²) in [5.74, 6) is 0.222. The van der Waals surface area contributed by atoms with Gasteiger partial charge in [-0.2, -0.15) is 0 Å². The molecule has 0 amide bonds. The van der Waals surface area contributed by atoms with E-state index < -0.39 is 0 Å². The van der Waals surface area contributed by atoms with E-state index in [9.17, 15) is 4.79 Å². The lowest BCUT2D eigenvalue weighted by Crippen LogP contribution is -2.18. The molecule has 126 valence electrons. The van der Waals surface area contributed by atoms with Gasteiger partial charge in [0, 0.05) is 0 Å². The minimum absolute atomic E-state index is 0.0686. The number of hydrogen-bond donors (Lipinski definition) is 0. The molecule has 0 aliphatic heterocycles. The molecule has 2 nitrogen and oxygen atoms in total. The average molecular weight is 299 g/mol. The molecule has 0 fully saturated rings. The fourth-order valence-corrected chi connectivity index (χ4v) is 2.66. The van der Waals surface area contributed by atoms with Crippen molar-refractivity contribution >= 4 is 5.97 Å². The van der Waals surface area contributed by atoms with E-state index >= 15 is 0 Å². The summed E-state index contributed by atoms with van der Waals surface area (Å²) >= 11 is 0. The van der Waals surface area contributed by atoms with Crippen LogP contribution in [0.15, 0.2) is 0 Å². The third-order valence-corrected chi connectivity index (χ3v) is 4.14. The summed E-state index contributed by atoms with van der Waals surface area (Å²) in [7, 11) is 0. The van der Waals surface area contributed by atoms with Gasteiger partial charge >= 0.3 is 5.97 Å². The molecule has 0 unspecified atom stereocenters. The molecular weight excluding hydrogens is 260 g/mol. The first-order chi connectivity index (χ1) is 10.3. The molecule has 0 rings (SSSR count). The van der Waals surface area contributed by atoms with Gasteiger partial charge in [0.1, 0.15) is 0 Å². The van der Waals surface area contributed by atoms with Crippen LogP contribution in [0, 0.1) is 5.92 Å². The van der Waals surface area contributed by atoms with Crippen LogP contribution in [0.1, 0.15) is 104 Å². The van der Waals surface area contributed by atoms with Crippen molar-refractivity contribution in [2.75, 3.05) is 6.61 Å². The van der Waals surface area contributed by atoms with Crippen molar-refractivity contribution < 1.29 is 9.53 Å². The summed E-state index contributed by atoms with van der Waals surface area (Å²) in [6.07, 6.45) is 15.3. The van der Waals surface area contributed by atoms with Gasteiger partial charge in [-0.1, -0.05) is 85.0 Å². The zero-order valence-corrected chi connectivity index (χ0v) is 14.8. The number of hydrogen-bond acceptors (Lipinski definition) is 2. The smallest absolute Gasteiger partial charge is 0.308 e. The maximum absolute atomic E-state index is 12.2. The van der Waals surface area contributed by atoms with Crippen LogP contribution < -0.4 is 0 Å². The van der Waals surface area contributed by atoms with Gasteiger partial charge in [0.05, 0.1) is 12.5 Å². The monoisotopic (exact) mass is 298 g/mol. The minimum atomic E-state index is 0.0686. The van der Waals surface area contributed by atoms with Gasteiger partial charge < -0.3 is 4.74 Å². The number of unbranched alkanes of at least 4 members (excludes halogenated alkanes) is 8. The van der Waals surface area contributed by atoms with Crippen LogP contribution in [0.2, 0.25) is 0 Å². The van der Waals surface area contributed by atoms with Crippen LogP contribution in [-0.4, -0.2) is 12.6 Å². The second-order valence-corrected chi connectivity index (χ2v) is 6.27. The van der Waals surface area contributed by atoms with Gasteiger partial charge in [-0.15, -0.1) is 0 Å². The Kier molecular flexibility index (Phi) is 15.5. The SMILES string of the molecule is CCCCCCC(CCCCCC)C(=O)OCCCCC. The fraction of sp³-hybridized carbons (Fsp3) is 0.947. The van der Waals surface area contributed by atoms with E-state index in [2.05, 4.69) is 20.8 Å².